The highest BCUT2D eigenvalue weighted by Crippen LogP contribution is 2.32. The quantitative estimate of drug-likeness (QED) is 0.524. The number of anilines is 1. The van der Waals surface area contributed by atoms with Gasteiger partial charge in [-0.25, -0.2) is 4.79 Å². The van der Waals surface area contributed by atoms with Crippen LogP contribution in [0.25, 0.3) is 11.0 Å². The molecule has 0 spiro atoms. The minimum atomic E-state index is -1.15. The molecule has 1 aromatic carbocycles. The van der Waals surface area contributed by atoms with Gasteiger partial charge in [0.2, 0.25) is 0 Å². The number of hydrogen-bond acceptors (Lipinski definition) is 7. The number of carbonyl (C=O) groups is 2. The van der Waals surface area contributed by atoms with Crippen molar-refractivity contribution in [2.75, 3.05) is 24.6 Å². The van der Waals surface area contributed by atoms with E-state index in [0.29, 0.717) is 11.0 Å². The van der Waals surface area contributed by atoms with E-state index in [1.807, 2.05) is 19.9 Å². The average Bonchev–Trinajstić information content (AvgIpc) is 2.59. The molecule has 0 amide bonds. The molecule has 1 atom stereocenters. The standard InChI is InChI=1S/C19H22ClNO6/c1-5-21(6-2)13-7-8-14-15(9-13)27-19(24)17(18(14)20)16(26-12(4)23)10-25-11(3)22/h7-9,16H,5-6,10H2,1-4H3/t16-/m1/s1. The monoisotopic (exact) mass is 395 g/mol. The molecule has 0 bridgehead atoms. The van der Waals surface area contributed by atoms with E-state index in [-0.39, 0.29) is 17.2 Å². The minimum Gasteiger partial charge on any atom is -0.462 e. The van der Waals surface area contributed by atoms with E-state index >= 15 is 0 Å². The number of ether oxygens (including phenoxy) is 2. The number of hydrogen-bond donors (Lipinski definition) is 0. The predicted octanol–water partition coefficient (Wildman–Crippen LogP) is 3.46. The van der Waals surface area contributed by atoms with Crippen LogP contribution in [0.5, 0.6) is 0 Å². The van der Waals surface area contributed by atoms with E-state index in [1.54, 1.807) is 12.1 Å². The summed E-state index contributed by atoms with van der Waals surface area (Å²) in [7, 11) is 0. The molecule has 7 nitrogen and oxygen atoms in total. The molecule has 0 N–H and O–H groups in total. The first-order valence-electron chi connectivity index (χ1n) is 8.60. The molecule has 0 radical (unpaired) electrons. The third-order valence-electron chi connectivity index (χ3n) is 4.06. The van der Waals surface area contributed by atoms with Gasteiger partial charge < -0.3 is 18.8 Å². The van der Waals surface area contributed by atoms with E-state index in [0.717, 1.165) is 18.8 Å². The lowest BCUT2D eigenvalue weighted by Crippen LogP contribution is -2.23. The zero-order valence-corrected chi connectivity index (χ0v) is 16.5. The second-order valence-electron chi connectivity index (χ2n) is 5.87. The van der Waals surface area contributed by atoms with Gasteiger partial charge in [-0.3, -0.25) is 9.59 Å². The molecule has 0 fully saturated rings. The summed E-state index contributed by atoms with van der Waals surface area (Å²) in [6.45, 7) is 7.72. The van der Waals surface area contributed by atoms with Gasteiger partial charge in [0.15, 0.2) is 6.10 Å². The second kappa shape index (κ2) is 8.90. The molecule has 0 aliphatic heterocycles. The number of fused-ring (bicyclic) bond motifs is 1. The summed E-state index contributed by atoms with van der Waals surface area (Å²) >= 11 is 6.43. The Morgan fingerprint density at radius 3 is 2.41 bits per heavy atom. The zero-order valence-electron chi connectivity index (χ0n) is 15.7. The van der Waals surface area contributed by atoms with Crippen LogP contribution in [0.15, 0.2) is 27.4 Å². The maximum Gasteiger partial charge on any atom is 0.344 e. The molecule has 0 saturated carbocycles. The van der Waals surface area contributed by atoms with E-state index in [2.05, 4.69) is 4.90 Å². The van der Waals surface area contributed by atoms with Crippen LogP contribution >= 0.6 is 11.6 Å². The fourth-order valence-electron chi connectivity index (χ4n) is 2.79. The lowest BCUT2D eigenvalue weighted by molar-refractivity contribution is -0.156. The summed E-state index contributed by atoms with van der Waals surface area (Å²) in [4.78, 5) is 37.2. The topological polar surface area (TPSA) is 86.0 Å². The highest BCUT2D eigenvalue weighted by Gasteiger charge is 2.26. The summed E-state index contributed by atoms with van der Waals surface area (Å²) in [5, 5.41) is 0.605. The summed E-state index contributed by atoms with van der Waals surface area (Å²) in [5.74, 6) is -1.21. The number of halogens is 1. The van der Waals surface area contributed by atoms with Crippen molar-refractivity contribution in [1.29, 1.82) is 0 Å². The fourth-order valence-corrected chi connectivity index (χ4v) is 3.15. The van der Waals surface area contributed by atoms with Gasteiger partial charge in [-0.15, -0.1) is 0 Å². The first-order chi connectivity index (χ1) is 12.8. The molecule has 27 heavy (non-hydrogen) atoms. The summed E-state index contributed by atoms with van der Waals surface area (Å²) in [5.41, 5.74) is 0.418. The van der Waals surface area contributed by atoms with Crippen LogP contribution < -0.4 is 10.5 Å². The molecule has 8 heteroatoms. The second-order valence-corrected chi connectivity index (χ2v) is 6.25. The van der Waals surface area contributed by atoms with Gasteiger partial charge in [0, 0.05) is 44.1 Å². The summed E-state index contributed by atoms with van der Waals surface area (Å²) in [6.07, 6.45) is -1.15. The van der Waals surface area contributed by atoms with Crippen molar-refractivity contribution in [3.8, 4) is 0 Å². The van der Waals surface area contributed by atoms with Crippen molar-refractivity contribution in [3.63, 3.8) is 0 Å². The molecule has 1 heterocycles. The van der Waals surface area contributed by atoms with Gasteiger partial charge in [0.05, 0.1) is 5.02 Å². The molecule has 0 aliphatic carbocycles. The van der Waals surface area contributed by atoms with Crippen LogP contribution in [0, 0.1) is 0 Å². The smallest absolute Gasteiger partial charge is 0.344 e. The number of esters is 2. The molecular weight excluding hydrogens is 374 g/mol. The Morgan fingerprint density at radius 2 is 1.85 bits per heavy atom. The Kier molecular flexibility index (Phi) is 6.85. The van der Waals surface area contributed by atoms with Gasteiger partial charge in [-0.1, -0.05) is 11.6 Å². The van der Waals surface area contributed by atoms with Crippen molar-refractivity contribution >= 4 is 40.2 Å². The van der Waals surface area contributed by atoms with Crippen molar-refractivity contribution in [2.24, 2.45) is 0 Å². The van der Waals surface area contributed by atoms with Gasteiger partial charge in [0.1, 0.15) is 17.8 Å². The molecule has 2 aromatic rings. The predicted molar refractivity (Wildman–Crippen MR) is 102 cm³/mol. The Balaban J connectivity index is 2.56. The van der Waals surface area contributed by atoms with Crippen molar-refractivity contribution in [1.82, 2.24) is 0 Å². The van der Waals surface area contributed by atoms with Crippen LogP contribution in [0.1, 0.15) is 39.4 Å². The van der Waals surface area contributed by atoms with Crippen LogP contribution in [-0.4, -0.2) is 31.6 Å². The van der Waals surface area contributed by atoms with Crippen LogP contribution in [0.2, 0.25) is 5.02 Å². The number of benzene rings is 1. The third-order valence-corrected chi connectivity index (χ3v) is 4.46. The maximum atomic E-state index is 12.5. The lowest BCUT2D eigenvalue weighted by Gasteiger charge is -2.21. The van der Waals surface area contributed by atoms with E-state index < -0.39 is 23.7 Å². The van der Waals surface area contributed by atoms with Crippen LogP contribution in [0.4, 0.5) is 5.69 Å². The minimum absolute atomic E-state index is 0.0591. The lowest BCUT2D eigenvalue weighted by atomic mass is 10.1. The van der Waals surface area contributed by atoms with E-state index in [4.69, 9.17) is 25.5 Å². The van der Waals surface area contributed by atoms with Gasteiger partial charge >= 0.3 is 17.6 Å². The fraction of sp³-hybridized carbons (Fsp3) is 0.421. The molecule has 0 saturated heterocycles. The first kappa shape index (κ1) is 20.8. The van der Waals surface area contributed by atoms with Gasteiger partial charge in [-0.2, -0.15) is 0 Å². The number of carbonyl (C=O) groups excluding carboxylic acids is 2. The summed E-state index contributed by atoms with van der Waals surface area (Å²) in [6, 6.07) is 5.36. The molecule has 1 aromatic heterocycles. The van der Waals surface area contributed by atoms with Crippen molar-refractivity contribution in [2.45, 2.75) is 33.8 Å². The SMILES string of the molecule is CCN(CC)c1ccc2c(Cl)c([C@@H](COC(C)=O)OC(C)=O)c(=O)oc2c1. The zero-order chi connectivity index (χ0) is 20.1. The number of nitrogens with zero attached hydrogens (tertiary/aromatic N) is 1. The van der Waals surface area contributed by atoms with E-state index in [1.165, 1.54) is 13.8 Å². The number of rotatable bonds is 7. The maximum absolute atomic E-state index is 12.5. The molecule has 146 valence electrons. The highest BCUT2D eigenvalue weighted by atomic mass is 35.5. The first-order valence-corrected chi connectivity index (χ1v) is 8.98. The molecule has 2 rings (SSSR count). The Bertz CT molecular complexity index is 903. The Hall–Kier alpha value is -2.54. The largest absolute Gasteiger partial charge is 0.462 e. The van der Waals surface area contributed by atoms with Crippen LogP contribution in [0.3, 0.4) is 0 Å². The Labute approximate surface area is 161 Å². The summed E-state index contributed by atoms with van der Waals surface area (Å²) < 4.78 is 15.4. The normalized spacial score (nSPS) is 11.9. The van der Waals surface area contributed by atoms with E-state index in [9.17, 15) is 14.4 Å². The molecular formula is C19H22ClNO6. The third kappa shape index (κ3) is 4.80. The van der Waals surface area contributed by atoms with Gasteiger partial charge in [-0.05, 0) is 26.0 Å². The Morgan fingerprint density at radius 1 is 1.19 bits per heavy atom. The van der Waals surface area contributed by atoms with Crippen molar-refractivity contribution in [3.05, 3.63) is 39.2 Å². The van der Waals surface area contributed by atoms with Crippen molar-refractivity contribution < 1.29 is 23.5 Å². The molecule has 0 aliphatic rings. The van der Waals surface area contributed by atoms with Gasteiger partial charge in [0.25, 0.3) is 0 Å². The molecule has 0 unspecified atom stereocenters. The average molecular weight is 396 g/mol. The van der Waals surface area contributed by atoms with Crippen LogP contribution in [-0.2, 0) is 19.1 Å². The highest BCUT2D eigenvalue weighted by molar-refractivity contribution is 6.36.